The Morgan fingerprint density at radius 3 is 2.89 bits per heavy atom. The molecule has 0 radical (unpaired) electrons. The molecule has 1 heterocycles. The Labute approximate surface area is 117 Å². The molecule has 108 valence electrons. The second-order valence-corrected chi connectivity index (χ2v) is 5.89. The molecule has 0 aromatic carbocycles. The van der Waals surface area contributed by atoms with Crippen molar-refractivity contribution in [2.75, 3.05) is 13.6 Å². The Kier molecular flexibility index (Phi) is 5.46. The lowest BCUT2D eigenvalue weighted by atomic mass is 9.85. The summed E-state index contributed by atoms with van der Waals surface area (Å²) < 4.78 is 5.68. The summed E-state index contributed by atoms with van der Waals surface area (Å²) in [5.74, 6) is 1.94. The van der Waals surface area contributed by atoms with E-state index in [1.807, 2.05) is 6.26 Å². The summed E-state index contributed by atoms with van der Waals surface area (Å²) in [6, 6.07) is 2.81. The number of rotatable bonds is 6. The first-order valence-corrected chi connectivity index (χ1v) is 7.68. The highest BCUT2D eigenvalue weighted by atomic mass is 16.3. The number of nitrogens with one attached hydrogen (secondary N) is 1. The first kappa shape index (κ1) is 14.6. The van der Waals surface area contributed by atoms with E-state index >= 15 is 0 Å². The van der Waals surface area contributed by atoms with Crippen molar-refractivity contribution in [1.29, 1.82) is 0 Å². The largest absolute Gasteiger partial charge is 0.468 e. The minimum atomic E-state index is 0.714. The van der Waals surface area contributed by atoms with Crippen LogP contribution >= 0.6 is 0 Å². The van der Waals surface area contributed by atoms with Crippen LogP contribution in [0.4, 0.5) is 0 Å². The Balaban J connectivity index is 1.94. The van der Waals surface area contributed by atoms with E-state index in [1.54, 1.807) is 0 Å². The smallest absolute Gasteiger partial charge is 0.122 e. The third-order valence-electron chi connectivity index (χ3n) is 4.43. The molecule has 1 aliphatic carbocycles. The molecule has 3 heteroatoms. The van der Waals surface area contributed by atoms with Crippen molar-refractivity contribution in [2.24, 2.45) is 5.92 Å². The molecule has 3 nitrogen and oxygen atoms in total. The second kappa shape index (κ2) is 7.11. The maximum Gasteiger partial charge on any atom is 0.122 e. The molecule has 0 saturated heterocycles. The van der Waals surface area contributed by atoms with Crippen LogP contribution in [0.3, 0.4) is 0 Å². The number of nitrogens with zero attached hydrogens (tertiary/aromatic N) is 1. The minimum Gasteiger partial charge on any atom is -0.468 e. The predicted octanol–water partition coefficient (Wildman–Crippen LogP) is 3.40. The molecule has 0 bridgehead atoms. The van der Waals surface area contributed by atoms with Crippen molar-refractivity contribution in [2.45, 2.75) is 58.7 Å². The van der Waals surface area contributed by atoms with Crippen LogP contribution in [0.5, 0.6) is 0 Å². The minimum absolute atomic E-state index is 0.714. The molecule has 0 amide bonds. The van der Waals surface area contributed by atoms with E-state index in [4.69, 9.17) is 4.42 Å². The first-order chi connectivity index (χ1) is 9.22. The van der Waals surface area contributed by atoms with Gasteiger partial charge in [0.25, 0.3) is 0 Å². The zero-order chi connectivity index (χ0) is 13.7. The number of hydrogen-bond acceptors (Lipinski definition) is 3. The van der Waals surface area contributed by atoms with Gasteiger partial charge in [0, 0.05) is 18.2 Å². The van der Waals surface area contributed by atoms with E-state index in [-0.39, 0.29) is 0 Å². The van der Waals surface area contributed by atoms with E-state index in [0.717, 1.165) is 31.3 Å². The van der Waals surface area contributed by atoms with E-state index in [9.17, 15) is 0 Å². The number of furan rings is 1. The zero-order valence-corrected chi connectivity index (χ0v) is 12.6. The Morgan fingerprint density at radius 2 is 2.16 bits per heavy atom. The fraction of sp³-hybridized carbons (Fsp3) is 0.750. The van der Waals surface area contributed by atoms with Crippen LogP contribution in [0.2, 0.25) is 0 Å². The average Bonchev–Trinajstić information content (AvgIpc) is 2.84. The van der Waals surface area contributed by atoms with Crippen molar-refractivity contribution in [3.8, 4) is 0 Å². The first-order valence-electron chi connectivity index (χ1n) is 7.68. The summed E-state index contributed by atoms with van der Waals surface area (Å²) in [7, 11) is 2.24. The summed E-state index contributed by atoms with van der Waals surface area (Å²) in [5.41, 5.74) is 1.30. The molecular weight excluding hydrogens is 236 g/mol. The van der Waals surface area contributed by atoms with Gasteiger partial charge in [-0.2, -0.15) is 0 Å². The third kappa shape index (κ3) is 3.83. The van der Waals surface area contributed by atoms with Crippen molar-refractivity contribution < 1.29 is 4.42 Å². The van der Waals surface area contributed by atoms with E-state index in [1.165, 1.54) is 31.2 Å². The quantitative estimate of drug-likeness (QED) is 0.853. The summed E-state index contributed by atoms with van der Waals surface area (Å²) >= 11 is 0. The molecule has 1 aromatic heterocycles. The number of hydrogen-bond donors (Lipinski definition) is 1. The Hall–Kier alpha value is -0.800. The van der Waals surface area contributed by atoms with Gasteiger partial charge in [-0.15, -0.1) is 0 Å². The van der Waals surface area contributed by atoms with Crippen LogP contribution < -0.4 is 5.32 Å². The summed E-state index contributed by atoms with van der Waals surface area (Å²) in [6.07, 6.45) is 7.30. The third-order valence-corrected chi connectivity index (χ3v) is 4.43. The molecule has 1 N–H and O–H groups in total. The topological polar surface area (TPSA) is 28.4 Å². The van der Waals surface area contributed by atoms with Crippen molar-refractivity contribution in [3.05, 3.63) is 23.7 Å². The van der Waals surface area contributed by atoms with Crippen molar-refractivity contribution >= 4 is 0 Å². The van der Waals surface area contributed by atoms with Gasteiger partial charge < -0.3 is 9.73 Å². The van der Waals surface area contributed by atoms with Gasteiger partial charge in [-0.25, -0.2) is 0 Å². The fourth-order valence-electron chi connectivity index (χ4n) is 3.22. The van der Waals surface area contributed by atoms with Gasteiger partial charge in [-0.05, 0) is 38.4 Å². The van der Waals surface area contributed by atoms with Crippen LogP contribution in [0, 0.1) is 5.92 Å². The second-order valence-electron chi connectivity index (χ2n) is 5.89. The predicted molar refractivity (Wildman–Crippen MR) is 79.0 cm³/mol. The normalized spacial score (nSPS) is 24.0. The molecule has 1 saturated carbocycles. The molecule has 0 aliphatic heterocycles. The van der Waals surface area contributed by atoms with Crippen LogP contribution in [0.25, 0.3) is 0 Å². The SMILES string of the molecule is CCNCc1ccoc1CN(C)C1CCCCC1C. The molecule has 1 fully saturated rings. The van der Waals surface area contributed by atoms with Crippen LogP contribution in [-0.2, 0) is 13.1 Å². The lowest BCUT2D eigenvalue weighted by molar-refractivity contribution is 0.125. The highest BCUT2D eigenvalue weighted by Gasteiger charge is 2.25. The van der Waals surface area contributed by atoms with E-state index in [0.29, 0.717) is 6.04 Å². The molecular formula is C16H28N2O. The van der Waals surface area contributed by atoms with Crippen LogP contribution in [-0.4, -0.2) is 24.5 Å². The van der Waals surface area contributed by atoms with Gasteiger partial charge in [0.2, 0.25) is 0 Å². The maximum absolute atomic E-state index is 5.68. The van der Waals surface area contributed by atoms with Gasteiger partial charge in [-0.1, -0.05) is 26.7 Å². The van der Waals surface area contributed by atoms with E-state index in [2.05, 4.69) is 37.2 Å². The lowest BCUT2D eigenvalue weighted by Crippen LogP contribution is -2.38. The Morgan fingerprint density at radius 1 is 1.37 bits per heavy atom. The standard InChI is InChI=1S/C16H28N2O/c1-4-17-11-14-9-10-19-16(14)12-18(3)15-8-6-5-7-13(15)2/h9-10,13,15,17H,4-8,11-12H2,1-3H3. The highest BCUT2D eigenvalue weighted by Crippen LogP contribution is 2.28. The van der Waals surface area contributed by atoms with Crippen molar-refractivity contribution in [1.82, 2.24) is 10.2 Å². The monoisotopic (exact) mass is 264 g/mol. The lowest BCUT2D eigenvalue weighted by Gasteiger charge is -2.36. The van der Waals surface area contributed by atoms with Gasteiger partial charge in [0.1, 0.15) is 5.76 Å². The zero-order valence-electron chi connectivity index (χ0n) is 12.6. The molecule has 0 spiro atoms. The summed E-state index contributed by atoms with van der Waals surface area (Å²) in [6.45, 7) is 7.37. The summed E-state index contributed by atoms with van der Waals surface area (Å²) in [5, 5.41) is 3.37. The highest BCUT2D eigenvalue weighted by molar-refractivity contribution is 5.16. The fourth-order valence-corrected chi connectivity index (χ4v) is 3.22. The van der Waals surface area contributed by atoms with Crippen molar-refractivity contribution in [3.63, 3.8) is 0 Å². The average molecular weight is 264 g/mol. The van der Waals surface area contributed by atoms with Crippen LogP contribution in [0.15, 0.2) is 16.7 Å². The van der Waals surface area contributed by atoms with Gasteiger partial charge >= 0.3 is 0 Å². The molecule has 19 heavy (non-hydrogen) atoms. The molecule has 1 aliphatic rings. The van der Waals surface area contributed by atoms with Gasteiger partial charge in [0.05, 0.1) is 12.8 Å². The Bertz CT molecular complexity index is 375. The maximum atomic E-state index is 5.68. The molecule has 2 unspecified atom stereocenters. The van der Waals surface area contributed by atoms with Crippen LogP contribution in [0.1, 0.15) is 50.9 Å². The molecule has 2 atom stereocenters. The van der Waals surface area contributed by atoms with E-state index < -0.39 is 0 Å². The van der Waals surface area contributed by atoms with Gasteiger partial charge in [-0.3, -0.25) is 4.90 Å². The summed E-state index contributed by atoms with van der Waals surface area (Å²) in [4.78, 5) is 2.48. The van der Waals surface area contributed by atoms with Gasteiger partial charge in [0.15, 0.2) is 0 Å². The molecule has 2 rings (SSSR count). The molecule has 1 aromatic rings.